The van der Waals surface area contributed by atoms with E-state index in [1.807, 2.05) is 121 Å². The van der Waals surface area contributed by atoms with E-state index >= 15 is 0 Å². The van der Waals surface area contributed by atoms with Crippen molar-refractivity contribution in [3.8, 4) is 0 Å². The molecular weight excluding hydrogens is 480 g/mol. The number of carbonyl (C=O) groups is 2. The molecule has 0 heterocycles. The van der Waals surface area contributed by atoms with E-state index in [2.05, 4.69) is 0 Å². The van der Waals surface area contributed by atoms with Gasteiger partial charge in [-0.05, 0) is 35.5 Å². The molecule has 0 saturated heterocycles. The van der Waals surface area contributed by atoms with Crippen LogP contribution in [0, 0.1) is 0 Å². The Morgan fingerprint density at radius 3 is 1.11 bits per heavy atom. The average Bonchev–Trinajstić information content (AvgIpc) is 2.96. The van der Waals surface area contributed by atoms with Crippen LogP contribution in [0.3, 0.4) is 0 Å². The van der Waals surface area contributed by atoms with E-state index < -0.39 is 0 Å². The lowest BCUT2D eigenvalue weighted by Crippen LogP contribution is -2.11. The van der Waals surface area contributed by atoms with Gasteiger partial charge in [0.1, 0.15) is 0 Å². The zero-order valence-corrected chi connectivity index (χ0v) is 21.8. The molecule has 4 aromatic rings. The van der Waals surface area contributed by atoms with Gasteiger partial charge in [0.2, 0.25) is 0 Å². The van der Waals surface area contributed by atoms with E-state index in [0.717, 1.165) is 46.6 Å². The number of Topliss-reactive ketones (excluding diaryl/α,β-unsaturated/α-hetero) is 2. The summed E-state index contributed by atoms with van der Waals surface area (Å²) in [7, 11) is 0. The van der Waals surface area contributed by atoms with Crippen molar-refractivity contribution in [1.82, 2.24) is 0 Å². The second-order valence-corrected chi connectivity index (χ2v) is 10.9. The lowest BCUT2D eigenvalue weighted by Gasteiger charge is -2.17. The molecule has 2 nitrogen and oxygen atoms in total. The minimum atomic E-state index is -0.210. The highest BCUT2D eigenvalue weighted by atomic mass is 32.2. The number of ketones is 2. The van der Waals surface area contributed by atoms with Gasteiger partial charge in [0.05, 0.1) is 10.5 Å². The molecule has 0 fully saturated rings. The predicted octanol–water partition coefficient (Wildman–Crippen LogP) is 8.48. The Kier molecular flexibility index (Phi) is 10.0. The third kappa shape index (κ3) is 7.22. The van der Waals surface area contributed by atoms with Gasteiger partial charge in [0.25, 0.3) is 0 Å². The van der Waals surface area contributed by atoms with E-state index in [0.29, 0.717) is 0 Å². The molecule has 182 valence electrons. The van der Waals surface area contributed by atoms with Crippen LogP contribution in [0.5, 0.6) is 0 Å². The molecule has 0 aromatic heterocycles. The first-order chi connectivity index (χ1) is 17.7. The maximum atomic E-state index is 13.3. The Bertz CT molecular complexity index is 1110. The first-order valence-corrected chi connectivity index (χ1v) is 14.4. The second-order valence-electron chi connectivity index (χ2n) is 8.49. The summed E-state index contributed by atoms with van der Waals surface area (Å²) in [5.74, 6) is 2.08. The number of rotatable bonds is 13. The van der Waals surface area contributed by atoms with Gasteiger partial charge in [-0.3, -0.25) is 9.59 Å². The fourth-order valence-corrected chi connectivity index (χ4v) is 6.50. The molecule has 0 N–H and O–H groups in total. The Balaban J connectivity index is 1.33. The van der Waals surface area contributed by atoms with E-state index in [1.165, 1.54) is 0 Å². The van der Waals surface area contributed by atoms with Crippen molar-refractivity contribution in [3.05, 3.63) is 144 Å². The minimum Gasteiger partial charge on any atom is -0.293 e. The lowest BCUT2D eigenvalue weighted by atomic mass is 10.0. The highest BCUT2D eigenvalue weighted by Gasteiger charge is 2.23. The molecule has 4 aromatic carbocycles. The summed E-state index contributed by atoms with van der Waals surface area (Å²) < 4.78 is 0. The molecule has 0 spiro atoms. The Labute approximate surface area is 222 Å². The quantitative estimate of drug-likeness (QED) is 0.133. The van der Waals surface area contributed by atoms with Gasteiger partial charge >= 0.3 is 0 Å². The summed E-state index contributed by atoms with van der Waals surface area (Å²) in [4.78, 5) is 26.5. The largest absolute Gasteiger partial charge is 0.293 e. The lowest BCUT2D eigenvalue weighted by molar-refractivity contribution is 0.0981. The smallest absolute Gasteiger partial charge is 0.180 e. The number of hydrogen-bond donors (Lipinski definition) is 0. The molecule has 0 bridgehead atoms. The van der Waals surface area contributed by atoms with Crippen LogP contribution in [0.25, 0.3) is 0 Å². The molecule has 0 aliphatic heterocycles. The third-order valence-corrected chi connectivity index (χ3v) is 8.59. The van der Waals surface area contributed by atoms with Crippen molar-refractivity contribution in [2.75, 3.05) is 11.5 Å². The molecule has 4 heteroatoms. The normalized spacial score (nSPS) is 12.6. The maximum absolute atomic E-state index is 13.3. The summed E-state index contributed by atoms with van der Waals surface area (Å²) in [5.41, 5.74) is 3.59. The van der Waals surface area contributed by atoms with E-state index in [4.69, 9.17) is 0 Å². The van der Waals surface area contributed by atoms with Gasteiger partial charge in [-0.1, -0.05) is 121 Å². The number of carbonyl (C=O) groups excluding carboxylic acids is 2. The monoisotopic (exact) mass is 510 g/mol. The van der Waals surface area contributed by atoms with Crippen LogP contribution in [-0.4, -0.2) is 23.1 Å². The van der Waals surface area contributed by atoms with Gasteiger partial charge in [0.15, 0.2) is 11.6 Å². The number of unbranched alkanes of at least 4 members (excludes halogenated alkanes) is 1. The van der Waals surface area contributed by atoms with Crippen molar-refractivity contribution in [2.45, 2.75) is 23.3 Å². The Hall–Kier alpha value is -3.08. The maximum Gasteiger partial charge on any atom is 0.180 e. The Morgan fingerprint density at radius 2 is 0.778 bits per heavy atom. The Morgan fingerprint density at radius 1 is 0.472 bits per heavy atom. The zero-order valence-electron chi connectivity index (χ0n) is 20.2. The van der Waals surface area contributed by atoms with Crippen molar-refractivity contribution >= 4 is 35.1 Å². The standard InChI is InChI=1S/C32H30O2S2/c33-29(25-15-5-1-6-16-25)31(27-19-9-3-10-20-27)35-23-13-14-24-36-32(28-21-11-4-12-22-28)30(34)26-17-7-2-8-18-26/h1-12,15-22,31-32H,13-14,23-24H2. The van der Waals surface area contributed by atoms with Gasteiger partial charge in [-0.25, -0.2) is 0 Å². The van der Waals surface area contributed by atoms with Crippen LogP contribution in [0.4, 0.5) is 0 Å². The SMILES string of the molecule is O=C(c1ccccc1)C(SCCCCSC(C(=O)c1ccccc1)c1ccccc1)c1ccccc1. The van der Waals surface area contributed by atoms with Gasteiger partial charge in [-0.15, -0.1) is 23.5 Å². The van der Waals surface area contributed by atoms with Crippen LogP contribution in [0.15, 0.2) is 121 Å². The van der Waals surface area contributed by atoms with E-state index in [1.54, 1.807) is 23.5 Å². The first kappa shape index (κ1) is 26.0. The van der Waals surface area contributed by atoms with Crippen LogP contribution >= 0.6 is 23.5 Å². The number of benzene rings is 4. The molecule has 4 rings (SSSR count). The fraction of sp³-hybridized carbons (Fsp3) is 0.188. The summed E-state index contributed by atoms with van der Waals surface area (Å²) in [5, 5.41) is -0.420. The van der Waals surface area contributed by atoms with Crippen molar-refractivity contribution in [2.24, 2.45) is 0 Å². The second kappa shape index (κ2) is 13.9. The first-order valence-electron chi connectivity index (χ1n) is 12.3. The van der Waals surface area contributed by atoms with Gasteiger partial charge in [-0.2, -0.15) is 0 Å². The molecule has 0 aliphatic carbocycles. The molecule has 0 amide bonds. The molecule has 36 heavy (non-hydrogen) atoms. The summed E-state index contributed by atoms with van der Waals surface area (Å²) in [6.07, 6.45) is 1.98. The van der Waals surface area contributed by atoms with Crippen LogP contribution < -0.4 is 0 Å². The van der Waals surface area contributed by atoms with Crippen LogP contribution in [-0.2, 0) is 0 Å². The van der Waals surface area contributed by atoms with E-state index in [-0.39, 0.29) is 22.1 Å². The average molecular weight is 511 g/mol. The highest BCUT2D eigenvalue weighted by molar-refractivity contribution is 8.00. The number of thioether (sulfide) groups is 2. The van der Waals surface area contributed by atoms with Crippen molar-refractivity contribution in [1.29, 1.82) is 0 Å². The summed E-state index contributed by atoms with van der Waals surface area (Å²) in [6, 6.07) is 39.2. The van der Waals surface area contributed by atoms with Gasteiger partial charge in [0, 0.05) is 11.1 Å². The van der Waals surface area contributed by atoms with Gasteiger partial charge < -0.3 is 0 Å². The zero-order chi connectivity index (χ0) is 25.0. The minimum absolute atomic E-state index is 0.152. The predicted molar refractivity (Wildman–Crippen MR) is 154 cm³/mol. The highest BCUT2D eigenvalue weighted by Crippen LogP contribution is 2.35. The molecule has 0 saturated carbocycles. The topological polar surface area (TPSA) is 34.1 Å². The van der Waals surface area contributed by atoms with Crippen molar-refractivity contribution in [3.63, 3.8) is 0 Å². The van der Waals surface area contributed by atoms with Crippen LogP contribution in [0.1, 0.15) is 55.2 Å². The van der Waals surface area contributed by atoms with E-state index in [9.17, 15) is 9.59 Å². The third-order valence-electron chi connectivity index (χ3n) is 5.91. The number of hydrogen-bond acceptors (Lipinski definition) is 4. The fourth-order valence-electron chi connectivity index (χ4n) is 4.02. The van der Waals surface area contributed by atoms with Crippen molar-refractivity contribution < 1.29 is 9.59 Å². The molecule has 0 radical (unpaired) electrons. The molecule has 0 aliphatic rings. The van der Waals surface area contributed by atoms with Crippen LogP contribution in [0.2, 0.25) is 0 Å². The molecular formula is C32H30O2S2. The molecule has 2 unspecified atom stereocenters. The molecule has 2 atom stereocenters. The summed E-state index contributed by atoms with van der Waals surface area (Å²) in [6.45, 7) is 0. The summed E-state index contributed by atoms with van der Waals surface area (Å²) >= 11 is 3.42.